The van der Waals surface area contributed by atoms with Crippen LogP contribution in [0.3, 0.4) is 0 Å². The number of nitrogens with zero attached hydrogens (tertiary/aromatic N) is 2. The van der Waals surface area contributed by atoms with E-state index in [4.69, 9.17) is 9.15 Å². The maximum Gasteiger partial charge on any atom is 0.223 e. The summed E-state index contributed by atoms with van der Waals surface area (Å²) >= 11 is 0. The Morgan fingerprint density at radius 2 is 2.28 bits per heavy atom. The Morgan fingerprint density at radius 1 is 1.40 bits per heavy atom. The van der Waals surface area contributed by atoms with Crippen LogP contribution in [-0.4, -0.2) is 61.0 Å². The van der Waals surface area contributed by atoms with E-state index in [-0.39, 0.29) is 17.9 Å². The number of fused-ring (bicyclic) bond motifs is 1. The molecular weight excluding hydrogens is 320 g/mol. The van der Waals surface area contributed by atoms with Gasteiger partial charge in [-0.3, -0.25) is 9.59 Å². The number of methoxy groups -OCH3 is 1. The number of likely N-dealkylation sites (tertiary alicyclic amines) is 2. The largest absolute Gasteiger partial charge is 0.469 e. The molecule has 0 spiro atoms. The van der Waals surface area contributed by atoms with Crippen molar-refractivity contribution in [1.82, 2.24) is 9.80 Å². The fraction of sp³-hybridized carbons (Fsp3) is 0.684. The lowest BCUT2D eigenvalue weighted by atomic mass is 9.83. The Balaban J connectivity index is 1.52. The van der Waals surface area contributed by atoms with Gasteiger partial charge < -0.3 is 19.0 Å². The Morgan fingerprint density at radius 3 is 3.04 bits per heavy atom. The van der Waals surface area contributed by atoms with Gasteiger partial charge in [-0.1, -0.05) is 0 Å². The lowest BCUT2D eigenvalue weighted by Gasteiger charge is -2.47. The average molecular weight is 348 g/mol. The van der Waals surface area contributed by atoms with Crippen molar-refractivity contribution in [3.8, 4) is 0 Å². The summed E-state index contributed by atoms with van der Waals surface area (Å²) < 4.78 is 10.4. The molecule has 25 heavy (non-hydrogen) atoms. The summed E-state index contributed by atoms with van der Waals surface area (Å²) in [6.45, 7) is 2.96. The highest BCUT2D eigenvalue weighted by molar-refractivity contribution is 5.78. The molecule has 3 heterocycles. The first kappa shape index (κ1) is 18.0. The summed E-state index contributed by atoms with van der Waals surface area (Å²) in [6.07, 6.45) is 6.03. The van der Waals surface area contributed by atoms with Crippen molar-refractivity contribution in [3.05, 3.63) is 24.2 Å². The van der Waals surface area contributed by atoms with Gasteiger partial charge in [-0.15, -0.1) is 0 Å². The van der Waals surface area contributed by atoms with Gasteiger partial charge in [-0.05, 0) is 37.3 Å². The number of hydrogen-bond acceptors (Lipinski definition) is 4. The van der Waals surface area contributed by atoms with Gasteiger partial charge in [0.1, 0.15) is 5.76 Å². The number of piperidine rings is 2. The maximum absolute atomic E-state index is 12.5. The summed E-state index contributed by atoms with van der Waals surface area (Å²) in [6, 6.07) is 4.04. The van der Waals surface area contributed by atoms with E-state index in [0.717, 1.165) is 44.7 Å². The van der Waals surface area contributed by atoms with Crippen LogP contribution in [0.4, 0.5) is 0 Å². The number of carbonyl (C=O) groups is 2. The van der Waals surface area contributed by atoms with Crippen LogP contribution in [0.25, 0.3) is 0 Å². The Labute approximate surface area is 149 Å². The summed E-state index contributed by atoms with van der Waals surface area (Å²) in [4.78, 5) is 28.8. The van der Waals surface area contributed by atoms with Gasteiger partial charge in [-0.25, -0.2) is 0 Å². The van der Waals surface area contributed by atoms with Gasteiger partial charge in [0.15, 0.2) is 0 Å². The maximum atomic E-state index is 12.5. The number of amides is 2. The molecule has 2 aliphatic heterocycles. The predicted octanol–water partition coefficient (Wildman–Crippen LogP) is 2.09. The highest BCUT2D eigenvalue weighted by Crippen LogP contribution is 2.31. The highest BCUT2D eigenvalue weighted by Gasteiger charge is 2.39. The van der Waals surface area contributed by atoms with Gasteiger partial charge in [-0.2, -0.15) is 0 Å². The molecule has 0 aromatic carbocycles. The fourth-order valence-electron chi connectivity index (χ4n) is 4.09. The second-order valence-electron chi connectivity index (χ2n) is 7.01. The van der Waals surface area contributed by atoms with Crippen LogP contribution in [0.15, 0.2) is 22.8 Å². The molecule has 2 saturated heterocycles. The first-order chi connectivity index (χ1) is 12.2. The molecule has 0 aliphatic carbocycles. The van der Waals surface area contributed by atoms with Crippen molar-refractivity contribution in [3.63, 3.8) is 0 Å². The Kier molecular flexibility index (Phi) is 6.13. The second-order valence-corrected chi connectivity index (χ2v) is 7.01. The molecule has 2 atom stereocenters. The van der Waals surface area contributed by atoms with Crippen molar-refractivity contribution >= 4 is 11.8 Å². The summed E-state index contributed by atoms with van der Waals surface area (Å²) in [7, 11) is 1.69. The van der Waals surface area contributed by atoms with E-state index in [1.165, 1.54) is 0 Å². The summed E-state index contributed by atoms with van der Waals surface area (Å²) in [5.74, 6) is 1.71. The van der Waals surface area contributed by atoms with Crippen molar-refractivity contribution in [2.75, 3.05) is 33.4 Å². The van der Waals surface area contributed by atoms with Gasteiger partial charge in [0.05, 0.1) is 6.26 Å². The van der Waals surface area contributed by atoms with Crippen molar-refractivity contribution in [2.24, 2.45) is 5.92 Å². The van der Waals surface area contributed by atoms with Crippen LogP contribution < -0.4 is 0 Å². The molecule has 0 saturated carbocycles. The number of furan rings is 1. The van der Waals surface area contributed by atoms with Crippen LogP contribution in [0.5, 0.6) is 0 Å². The van der Waals surface area contributed by atoms with Crippen LogP contribution in [0, 0.1) is 5.92 Å². The minimum atomic E-state index is 0.192. The third kappa shape index (κ3) is 4.42. The summed E-state index contributed by atoms with van der Waals surface area (Å²) in [5, 5.41) is 0. The molecule has 0 radical (unpaired) electrons. The first-order valence-corrected chi connectivity index (χ1v) is 9.27. The van der Waals surface area contributed by atoms with Crippen molar-refractivity contribution < 1.29 is 18.7 Å². The molecule has 3 rings (SSSR count). The Bertz CT molecular complexity index is 572. The van der Waals surface area contributed by atoms with Crippen LogP contribution in [-0.2, 0) is 20.7 Å². The molecular formula is C19H28N2O4. The van der Waals surface area contributed by atoms with E-state index in [9.17, 15) is 9.59 Å². The molecule has 2 fully saturated rings. The molecule has 0 N–H and O–H groups in total. The predicted molar refractivity (Wildman–Crippen MR) is 92.9 cm³/mol. The number of aryl methyl sites for hydroxylation is 1. The molecule has 6 nitrogen and oxygen atoms in total. The molecule has 1 aromatic heterocycles. The zero-order chi connectivity index (χ0) is 17.6. The van der Waals surface area contributed by atoms with Gasteiger partial charge >= 0.3 is 0 Å². The van der Waals surface area contributed by atoms with Crippen LogP contribution >= 0.6 is 0 Å². The van der Waals surface area contributed by atoms with E-state index in [2.05, 4.69) is 0 Å². The van der Waals surface area contributed by atoms with E-state index < -0.39 is 0 Å². The standard InChI is InChI=1S/C19H28N2O4/c1-24-12-3-10-21-17-9-11-20(14-15(17)5-7-19(21)23)18(22)8-6-16-4-2-13-25-16/h2,4,13,15,17H,3,5-12,14H2,1H3. The zero-order valence-corrected chi connectivity index (χ0v) is 15.0. The molecule has 2 amide bonds. The fourth-order valence-corrected chi connectivity index (χ4v) is 4.09. The number of carbonyl (C=O) groups excluding carboxylic acids is 2. The number of ether oxygens (including phenoxy) is 1. The number of rotatable bonds is 7. The van der Waals surface area contributed by atoms with E-state index in [0.29, 0.717) is 31.8 Å². The monoisotopic (exact) mass is 348 g/mol. The molecule has 6 heteroatoms. The van der Waals surface area contributed by atoms with Crippen molar-refractivity contribution in [2.45, 2.75) is 44.6 Å². The normalized spacial score (nSPS) is 23.6. The van der Waals surface area contributed by atoms with E-state index in [1.54, 1.807) is 13.4 Å². The SMILES string of the molecule is COCCCN1C(=O)CCC2CN(C(=O)CCc3ccco3)CCC21. The molecule has 0 bridgehead atoms. The third-order valence-corrected chi connectivity index (χ3v) is 5.41. The van der Waals surface area contributed by atoms with Gasteiger partial charge in [0, 0.05) is 58.7 Å². The van der Waals surface area contributed by atoms with Crippen LogP contribution in [0.2, 0.25) is 0 Å². The molecule has 1 aromatic rings. The van der Waals surface area contributed by atoms with Gasteiger partial charge in [0.25, 0.3) is 0 Å². The van der Waals surface area contributed by atoms with Gasteiger partial charge in [0.2, 0.25) is 11.8 Å². The van der Waals surface area contributed by atoms with E-state index in [1.807, 2.05) is 21.9 Å². The lowest BCUT2D eigenvalue weighted by molar-refractivity contribution is -0.144. The average Bonchev–Trinajstić information content (AvgIpc) is 3.15. The third-order valence-electron chi connectivity index (χ3n) is 5.41. The molecule has 2 unspecified atom stereocenters. The van der Waals surface area contributed by atoms with E-state index >= 15 is 0 Å². The quantitative estimate of drug-likeness (QED) is 0.708. The molecule has 2 aliphatic rings. The number of hydrogen-bond donors (Lipinski definition) is 0. The minimum Gasteiger partial charge on any atom is -0.469 e. The topological polar surface area (TPSA) is 63.0 Å². The van der Waals surface area contributed by atoms with Crippen LogP contribution in [0.1, 0.15) is 37.9 Å². The minimum absolute atomic E-state index is 0.192. The zero-order valence-electron chi connectivity index (χ0n) is 15.0. The molecule has 138 valence electrons. The van der Waals surface area contributed by atoms with Crippen molar-refractivity contribution in [1.29, 1.82) is 0 Å². The first-order valence-electron chi connectivity index (χ1n) is 9.27. The summed E-state index contributed by atoms with van der Waals surface area (Å²) in [5.41, 5.74) is 0. The lowest BCUT2D eigenvalue weighted by Crippen LogP contribution is -2.57. The second kappa shape index (κ2) is 8.52. The Hall–Kier alpha value is -1.82. The smallest absolute Gasteiger partial charge is 0.223 e. The highest BCUT2D eigenvalue weighted by atomic mass is 16.5.